The van der Waals surface area contributed by atoms with E-state index in [0.717, 1.165) is 17.7 Å². The Hall–Kier alpha value is -2.39. The lowest BCUT2D eigenvalue weighted by Crippen LogP contribution is -2.08. The molecule has 2 unspecified atom stereocenters. The van der Waals surface area contributed by atoms with Crippen LogP contribution < -0.4 is 0 Å². The van der Waals surface area contributed by atoms with Crippen LogP contribution in [0.2, 0.25) is 0 Å². The number of fused-ring (bicyclic) bond motifs is 2. The molecule has 2 aromatic heterocycles. The third-order valence-corrected chi connectivity index (χ3v) is 5.78. The van der Waals surface area contributed by atoms with E-state index in [1.54, 1.807) is 11.3 Å². The van der Waals surface area contributed by atoms with E-state index in [2.05, 4.69) is 65.1 Å². The zero-order chi connectivity index (χ0) is 15.2. The zero-order valence-corrected chi connectivity index (χ0v) is 13.3. The molecule has 112 valence electrons. The van der Waals surface area contributed by atoms with Gasteiger partial charge in [-0.2, -0.15) is 0 Å². The number of rotatable bonds is 2. The summed E-state index contributed by atoms with van der Waals surface area (Å²) in [5.74, 6) is 0.692. The van der Waals surface area contributed by atoms with Gasteiger partial charge < -0.3 is 4.52 Å². The molecule has 0 saturated heterocycles. The fourth-order valence-corrected chi connectivity index (χ4v) is 4.67. The fraction of sp³-hybridized carbons (Fsp3) is 0.150. The van der Waals surface area contributed by atoms with Crippen molar-refractivity contribution in [3.05, 3.63) is 88.4 Å². The summed E-state index contributed by atoms with van der Waals surface area (Å²) < 4.78 is 6.75. The first-order chi connectivity index (χ1) is 11.4. The van der Waals surface area contributed by atoms with Gasteiger partial charge >= 0.3 is 0 Å². The van der Waals surface area contributed by atoms with Gasteiger partial charge in [0.25, 0.3) is 0 Å². The first kappa shape index (κ1) is 13.1. The highest BCUT2D eigenvalue weighted by Crippen LogP contribution is 2.49. The van der Waals surface area contributed by atoms with Crippen LogP contribution in [0, 0.1) is 0 Å². The number of benzene rings is 2. The minimum Gasteiger partial charge on any atom is -0.355 e. The van der Waals surface area contributed by atoms with Crippen molar-refractivity contribution in [3.63, 3.8) is 0 Å². The van der Waals surface area contributed by atoms with Gasteiger partial charge in [-0.25, -0.2) is 0 Å². The predicted molar refractivity (Wildman–Crippen MR) is 93.1 cm³/mol. The van der Waals surface area contributed by atoms with E-state index in [1.807, 2.05) is 6.07 Å². The van der Waals surface area contributed by atoms with Gasteiger partial charge in [0.2, 0.25) is 0 Å². The summed E-state index contributed by atoms with van der Waals surface area (Å²) in [6.45, 7) is 0. The Bertz CT molecular complexity index is 969. The van der Waals surface area contributed by atoms with Crippen molar-refractivity contribution in [2.24, 2.45) is 0 Å². The van der Waals surface area contributed by atoms with E-state index in [-0.39, 0.29) is 5.92 Å². The number of hydrogen-bond acceptors (Lipinski definition) is 3. The van der Waals surface area contributed by atoms with Crippen molar-refractivity contribution >= 4 is 21.6 Å². The summed E-state index contributed by atoms with van der Waals surface area (Å²) in [7, 11) is 0. The molecule has 2 aromatic carbocycles. The largest absolute Gasteiger partial charge is 0.355 e. The average molecular weight is 317 g/mol. The third kappa shape index (κ3) is 1.97. The Balaban J connectivity index is 1.72. The zero-order valence-electron chi connectivity index (χ0n) is 12.5. The van der Waals surface area contributed by atoms with Crippen LogP contribution in [0.15, 0.2) is 70.6 Å². The lowest BCUT2D eigenvalue weighted by atomic mass is 9.84. The van der Waals surface area contributed by atoms with Gasteiger partial charge in [-0.15, -0.1) is 11.3 Å². The smallest absolute Gasteiger partial charge is 0.177 e. The van der Waals surface area contributed by atoms with Crippen molar-refractivity contribution in [2.75, 3.05) is 0 Å². The van der Waals surface area contributed by atoms with Crippen LogP contribution in [0.4, 0.5) is 0 Å². The van der Waals surface area contributed by atoms with Gasteiger partial charge in [0.15, 0.2) is 5.58 Å². The Kier molecular flexibility index (Phi) is 2.88. The first-order valence-electron chi connectivity index (χ1n) is 7.87. The maximum atomic E-state index is 5.56. The molecule has 2 heterocycles. The maximum Gasteiger partial charge on any atom is 0.177 e. The minimum absolute atomic E-state index is 0.272. The Morgan fingerprint density at radius 3 is 2.70 bits per heavy atom. The molecule has 2 atom stereocenters. The molecular weight excluding hydrogens is 302 g/mol. The number of hydrogen-bond donors (Lipinski definition) is 0. The van der Waals surface area contributed by atoms with Gasteiger partial charge in [-0.1, -0.05) is 59.8 Å². The summed E-state index contributed by atoms with van der Waals surface area (Å²) in [5.41, 5.74) is 6.19. The lowest BCUT2D eigenvalue weighted by molar-refractivity contribution is 0.437. The Morgan fingerprint density at radius 2 is 1.78 bits per heavy atom. The molecule has 0 N–H and O–H groups in total. The van der Waals surface area contributed by atoms with E-state index in [4.69, 9.17) is 4.52 Å². The Morgan fingerprint density at radius 1 is 0.957 bits per heavy atom. The van der Waals surface area contributed by atoms with Crippen molar-refractivity contribution in [1.29, 1.82) is 0 Å². The van der Waals surface area contributed by atoms with E-state index in [1.165, 1.54) is 21.4 Å². The highest BCUT2D eigenvalue weighted by molar-refractivity contribution is 7.17. The minimum atomic E-state index is 0.272. The SMILES string of the molecule is c1ccc(C2Cc3ccccc3C2c2noc3ccsc23)cc1. The molecule has 0 amide bonds. The number of nitrogens with zero attached hydrogens (tertiary/aromatic N) is 1. The topological polar surface area (TPSA) is 26.0 Å². The summed E-state index contributed by atoms with van der Waals surface area (Å²) in [6, 6.07) is 21.6. The van der Waals surface area contributed by atoms with Crippen LogP contribution in [0.3, 0.4) is 0 Å². The summed E-state index contributed by atoms with van der Waals surface area (Å²) in [4.78, 5) is 0. The molecule has 0 saturated carbocycles. The van der Waals surface area contributed by atoms with Gasteiger partial charge in [0.1, 0.15) is 5.69 Å². The molecule has 2 nitrogen and oxygen atoms in total. The molecule has 0 spiro atoms. The number of thiophene rings is 1. The van der Waals surface area contributed by atoms with Gasteiger partial charge in [-0.3, -0.25) is 0 Å². The van der Waals surface area contributed by atoms with Gasteiger partial charge in [0.05, 0.1) is 4.70 Å². The Labute approximate surface area is 138 Å². The van der Waals surface area contributed by atoms with Crippen molar-refractivity contribution in [1.82, 2.24) is 5.16 Å². The maximum absolute atomic E-state index is 5.56. The second kappa shape index (κ2) is 5.07. The molecular formula is C20H15NOS. The van der Waals surface area contributed by atoms with Crippen LogP contribution in [-0.4, -0.2) is 5.16 Å². The van der Waals surface area contributed by atoms with Crippen molar-refractivity contribution in [2.45, 2.75) is 18.3 Å². The molecule has 3 heteroatoms. The van der Waals surface area contributed by atoms with Crippen LogP contribution in [-0.2, 0) is 6.42 Å². The number of aromatic nitrogens is 1. The normalized spacial score (nSPS) is 20.0. The fourth-order valence-electron chi connectivity index (χ4n) is 3.84. The molecule has 0 bridgehead atoms. The summed E-state index contributed by atoms with van der Waals surface area (Å²) in [6.07, 6.45) is 1.06. The van der Waals surface area contributed by atoms with Crippen LogP contribution >= 0.6 is 11.3 Å². The molecule has 0 radical (unpaired) electrons. The van der Waals surface area contributed by atoms with E-state index in [0.29, 0.717) is 5.92 Å². The van der Waals surface area contributed by atoms with Crippen LogP contribution in [0.1, 0.15) is 34.2 Å². The third-order valence-electron chi connectivity index (χ3n) is 4.86. The highest BCUT2D eigenvalue weighted by Gasteiger charge is 2.37. The van der Waals surface area contributed by atoms with Crippen LogP contribution in [0.25, 0.3) is 10.3 Å². The second-order valence-electron chi connectivity index (χ2n) is 6.08. The van der Waals surface area contributed by atoms with Gasteiger partial charge in [0, 0.05) is 11.8 Å². The molecule has 0 fully saturated rings. The summed E-state index contributed by atoms with van der Waals surface area (Å²) >= 11 is 1.72. The predicted octanol–water partition coefficient (Wildman–Crippen LogP) is 5.36. The highest BCUT2D eigenvalue weighted by atomic mass is 32.1. The standard InChI is InChI=1S/C20H15NOS/c1-2-6-13(7-3-1)16-12-14-8-4-5-9-15(14)18(16)19-20-17(22-21-19)10-11-23-20/h1-11,16,18H,12H2. The molecule has 5 rings (SSSR count). The van der Waals surface area contributed by atoms with E-state index in [9.17, 15) is 0 Å². The molecule has 23 heavy (non-hydrogen) atoms. The lowest BCUT2D eigenvalue weighted by Gasteiger charge is -2.19. The average Bonchev–Trinajstić information content (AvgIpc) is 3.29. The monoisotopic (exact) mass is 317 g/mol. The van der Waals surface area contributed by atoms with Crippen LogP contribution in [0.5, 0.6) is 0 Å². The quantitative estimate of drug-likeness (QED) is 0.497. The van der Waals surface area contributed by atoms with Crippen molar-refractivity contribution in [3.8, 4) is 0 Å². The van der Waals surface area contributed by atoms with E-state index >= 15 is 0 Å². The van der Waals surface area contributed by atoms with Crippen molar-refractivity contribution < 1.29 is 4.52 Å². The van der Waals surface area contributed by atoms with E-state index < -0.39 is 0 Å². The second-order valence-corrected chi connectivity index (χ2v) is 7.00. The summed E-state index contributed by atoms with van der Waals surface area (Å²) in [5, 5.41) is 6.53. The molecule has 1 aliphatic rings. The molecule has 4 aromatic rings. The molecule has 1 aliphatic carbocycles. The first-order valence-corrected chi connectivity index (χ1v) is 8.75. The molecule has 0 aliphatic heterocycles. The van der Waals surface area contributed by atoms with Gasteiger partial charge in [-0.05, 0) is 34.6 Å².